The van der Waals surface area contributed by atoms with Crippen molar-refractivity contribution in [3.05, 3.63) is 29.8 Å². The number of benzene rings is 1. The third-order valence-corrected chi connectivity index (χ3v) is 2.24. The van der Waals surface area contributed by atoms with Crippen molar-refractivity contribution in [1.29, 1.82) is 0 Å². The summed E-state index contributed by atoms with van der Waals surface area (Å²) in [6.45, 7) is 0.963. The lowest BCUT2D eigenvalue weighted by molar-refractivity contribution is 0.0464. The van der Waals surface area contributed by atoms with E-state index in [1.54, 1.807) is 25.3 Å². The van der Waals surface area contributed by atoms with Crippen molar-refractivity contribution in [2.24, 2.45) is 0 Å². The Morgan fingerprint density at radius 2 is 2.07 bits per heavy atom. The van der Waals surface area contributed by atoms with E-state index in [2.05, 4.69) is 12.6 Å². The fourth-order valence-electron chi connectivity index (χ4n) is 1.09. The van der Waals surface area contributed by atoms with Crippen LogP contribution in [0.1, 0.15) is 16.8 Å². The van der Waals surface area contributed by atoms with Crippen LogP contribution in [0.5, 0.6) is 0 Å². The van der Waals surface area contributed by atoms with Gasteiger partial charge in [0.2, 0.25) is 0 Å². The predicted molar refractivity (Wildman–Crippen MR) is 60.5 cm³/mol. The molecule has 82 valence electrons. The largest absolute Gasteiger partial charge is 0.462 e. The van der Waals surface area contributed by atoms with Gasteiger partial charge in [-0.1, -0.05) is 12.1 Å². The molecule has 0 aromatic heterocycles. The smallest absolute Gasteiger partial charge is 0.339 e. The van der Waals surface area contributed by atoms with Gasteiger partial charge in [0.15, 0.2) is 0 Å². The third kappa shape index (κ3) is 3.93. The summed E-state index contributed by atoms with van der Waals surface area (Å²) in [5.41, 5.74) is 0.498. The van der Waals surface area contributed by atoms with Gasteiger partial charge in [-0.2, -0.15) is 0 Å². The number of esters is 1. The van der Waals surface area contributed by atoms with E-state index in [1.807, 2.05) is 6.07 Å². The average molecular weight is 226 g/mol. The molecule has 0 unspecified atom stereocenters. The molecule has 0 spiro atoms. The number of methoxy groups -OCH3 is 1. The third-order valence-electron chi connectivity index (χ3n) is 1.85. The summed E-state index contributed by atoms with van der Waals surface area (Å²) < 4.78 is 9.89. The van der Waals surface area contributed by atoms with E-state index in [0.29, 0.717) is 30.1 Å². The molecule has 0 atom stereocenters. The molecule has 4 heteroatoms. The first-order valence-corrected chi connectivity index (χ1v) is 5.14. The van der Waals surface area contributed by atoms with Crippen LogP contribution < -0.4 is 0 Å². The zero-order chi connectivity index (χ0) is 11.1. The maximum Gasteiger partial charge on any atom is 0.339 e. The molecule has 0 radical (unpaired) electrons. The monoisotopic (exact) mass is 226 g/mol. The first kappa shape index (κ1) is 12.1. The van der Waals surface area contributed by atoms with Crippen LogP contribution in [-0.2, 0) is 9.47 Å². The summed E-state index contributed by atoms with van der Waals surface area (Å²) in [4.78, 5) is 12.2. The second-order valence-corrected chi connectivity index (χ2v) is 3.48. The Balaban J connectivity index is 2.44. The van der Waals surface area contributed by atoms with Gasteiger partial charge in [-0.15, -0.1) is 12.6 Å². The first-order chi connectivity index (χ1) is 7.25. The van der Waals surface area contributed by atoms with Gasteiger partial charge >= 0.3 is 5.97 Å². The van der Waals surface area contributed by atoms with Gasteiger partial charge in [0, 0.05) is 25.0 Å². The number of hydrogen-bond donors (Lipinski definition) is 1. The van der Waals surface area contributed by atoms with Gasteiger partial charge in [0.25, 0.3) is 0 Å². The number of carbonyl (C=O) groups excluding carboxylic acids is 1. The molecule has 0 bridgehead atoms. The summed E-state index contributed by atoms with van der Waals surface area (Å²) in [6.07, 6.45) is 0.705. The highest BCUT2D eigenvalue weighted by molar-refractivity contribution is 7.80. The van der Waals surface area contributed by atoms with E-state index in [1.165, 1.54) is 0 Å². The van der Waals surface area contributed by atoms with Crippen molar-refractivity contribution >= 4 is 18.6 Å². The number of hydrogen-bond acceptors (Lipinski definition) is 4. The van der Waals surface area contributed by atoms with Crippen LogP contribution in [0, 0.1) is 0 Å². The number of thiol groups is 1. The van der Waals surface area contributed by atoms with Crippen LogP contribution in [-0.4, -0.2) is 26.3 Å². The molecule has 0 aliphatic heterocycles. The van der Waals surface area contributed by atoms with E-state index >= 15 is 0 Å². The minimum absolute atomic E-state index is 0.336. The number of rotatable bonds is 5. The summed E-state index contributed by atoms with van der Waals surface area (Å²) >= 11 is 4.18. The van der Waals surface area contributed by atoms with E-state index in [4.69, 9.17) is 9.47 Å². The Kier molecular flexibility index (Phi) is 5.21. The fourth-order valence-corrected chi connectivity index (χ4v) is 1.34. The SMILES string of the molecule is COCCCOC(=O)c1ccccc1S. The highest BCUT2D eigenvalue weighted by Crippen LogP contribution is 2.13. The van der Waals surface area contributed by atoms with Crippen molar-refractivity contribution in [3.8, 4) is 0 Å². The minimum Gasteiger partial charge on any atom is -0.462 e. The molecule has 0 N–H and O–H groups in total. The second-order valence-electron chi connectivity index (χ2n) is 3.00. The molecular formula is C11H14O3S. The standard InChI is InChI=1S/C11H14O3S/c1-13-7-4-8-14-11(12)9-5-2-3-6-10(9)15/h2-3,5-6,15H,4,7-8H2,1H3. The van der Waals surface area contributed by atoms with Crippen LogP contribution >= 0.6 is 12.6 Å². The van der Waals surface area contributed by atoms with E-state index in [9.17, 15) is 4.79 Å². The quantitative estimate of drug-likeness (QED) is 0.475. The molecule has 0 heterocycles. The van der Waals surface area contributed by atoms with Crippen LogP contribution in [0.2, 0.25) is 0 Å². The van der Waals surface area contributed by atoms with E-state index in [0.717, 1.165) is 0 Å². The molecule has 1 aromatic carbocycles. The highest BCUT2D eigenvalue weighted by Gasteiger charge is 2.09. The minimum atomic E-state index is -0.336. The Morgan fingerprint density at radius 3 is 2.73 bits per heavy atom. The zero-order valence-electron chi connectivity index (χ0n) is 8.60. The van der Waals surface area contributed by atoms with Crippen molar-refractivity contribution < 1.29 is 14.3 Å². The topological polar surface area (TPSA) is 35.5 Å². The average Bonchev–Trinajstić information content (AvgIpc) is 2.25. The van der Waals surface area contributed by atoms with Gasteiger partial charge in [-0.25, -0.2) is 4.79 Å². The molecule has 1 rings (SSSR count). The molecule has 3 nitrogen and oxygen atoms in total. The van der Waals surface area contributed by atoms with Crippen molar-refractivity contribution in [1.82, 2.24) is 0 Å². The first-order valence-electron chi connectivity index (χ1n) is 4.69. The molecule has 0 amide bonds. The lowest BCUT2D eigenvalue weighted by Gasteiger charge is -2.05. The highest BCUT2D eigenvalue weighted by atomic mass is 32.1. The van der Waals surface area contributed by atoms with Gasteiger partial charge in [0.05, 0.1) is 12.2 Å². The molecule has 0 aliphatic carbocycles. The Morgan fingerprint density at radius 1 is 1.33 bits per heavy atom. The van der Waals surface area contributed by atoms with Crippen LogP contribution in [0.15, 0.2) is 29.2 Å². The normalized spacial score (nSPS) is 10.0. The van der Waals surface area contributed by atoms with Crippen LogP contribution in [0.3, 0.4) is 0 Å². The van der Waals surface area contributed by atoms with Gasteiger partial charge in [-0.05, 0) is 12.1 Å². The number of ether oxygens (including phenoxy) is 2. The van der Waals surface area contributed by atoms with E-state index in [-0.39, 0.29) is 5.97 Å². The van der Waals surface area contributed by atoms with Crippen LogP contribution in [0.4, 0.5) is 0 Å². The maximum atomic E-state index is 11.5. The lowest BCUT2D eigenvalue weighted by Crippen LogP contribution is -2.08. The Hall–Kier alpha value is -1.00. The molecule has 15 heavy (non-hydrogen) atoms. The van der Waals surface area contributed by atoms with Gasteiger partial charge < -0.3 is 9.47 Å². The molecule has 1 aromatic rings. The zero-order valence-corrected chi connectivity index (χ0v) is 9.50. The Labute approximate surface area is 94.8 Å². The molecule has 0 saturated heterocycles. The fraction of sp³-hybridized carbons (Fsp3) is 0.364. The summed E-state index contributed by atoms with van der Waals surface area (Å²) in [5, 5.41) is 0. The maximum absolute atomic E-state index is 11.5. The molecule has 0 saturated carbocycles. The summed E-state index contributed by atoms with van der Waals surface area (Å²) in [6, 6.07) is 7.06. The van der Waals surface area contributed by atoms with Crippen molar-refractivity contribution in [2.45, 2.75) is 11.3 Å². The predicted octanol–water partition coefficient (Wildman–Crippen LogP) is 2.17. The van der Waals surface area contributed by atoms with E-state index < -0.39 is 0 Å². The molecule has 0 fully saturated rings. The summed E-state index contributed by atoms with van der Waals surface area (Å²) in [7, 11) is 1.62. The van der Waals surface area contributed by atoms with Gasteiger partial charge in [0.1, 0.15) is 0 Å². The summed E-state index contributed by atoms with van der Waals surface area (Å²) in [5.74, 6) is -0.336. The van der Waals surface area contributed by atoms with Gasteiger partial charge in [-0.3, -0.25) is 0 Å². The molecule has 0 aliphatic rings. The van der Waals surface area contributed by atoms with Crippen molar-refractivity contribution in [2.75, 3.05) is 20.3 Å². The lowest BCUT2D eigenvalue weighted by atomic mass is 10.2. The number of carbonyl (C=O) groups is 1. The van der Waals surface area contributed by atoms with Crippen LogP contribution in [0.25, 0.3) is 0 Å². The second kappa shape index (κ2) is 6.48. The van der Waals surface area contributed by atoms with Crippen molar-refractivity contribution in [3.63, 3.8) is 0 Å². The Bertz CT molecular complexity index is 325. The molecular weight excluding hydrogens is 212 g/mol.